The van der Waals surface area contributed by atoms with Gasteiger partial charge in [0.2, 0.25) is 11.8 Å². The summed E-state index contributed by atoms with van der Waals surface area (Å²) in [5.74, 6) is -1.13. The molecule has 0 spiro atoms. The minimum Gasteiger partial charge on any atom is -0.444 e. The van der Waals surface area contributed by atoms with Crippen molar-refractivity contribution in [2.45, 2.75) is 76.6 Å². The molecule has 1 unspecified atom stereocenters. The van der Waals surface area contributed by atoms with Gasteiger partial charge in [0.25, 0.3) is 0 Å². The Morgan fingerprint density at radius 2 is 1.86 bits per heavy atom. The maximum absolute atomic E-state index is 15.0. The molecule has 3 fully saturated rings. The molecule has 37 heavy (non-hydrogen) atoms. The molecule has 1 aromatic carbocycles. The molecule has 0 aliphatic carbocycles. The first-order valence-corrected chi connectivity index (χ1v) is 13.2. The predicted molar refractivity (Wildman–Crippen MR) is 136 cm³/mol. The Kier molecular flexibility index (Phi) is 8.36. The maximum atomic E-state index is 15.0. The normalized spacial score (nSPS) is 26.1. The number of nitrogens with zero attached hydrogens (tertiary/aromatic N) is 2. The first-order chi connectivity index (χ1) is 17.5. The molecule has 204 valence electrons. The summed E-state index contributed by atoms with van der Waals surface area (Å²) in [5.41, 5.74) is 0.489. The van der Waals surface area contributed by atoms with E-state index >= 15 is 0 Å². The molecule has 8 nitrogen and oxygen atoms in total. The SMILES string of the molecule is CC(C)(C)OC(=O)N[C@@H]1CCN(CC2CCN(c3ccc(C4CCC(=O)NC4=O)cc3F)CC2)C[C@H]1F. The number of ether oxygens (including phenoxy) is 1. The lowest BCUT2D eigenvalue weighted by Crippen LogP contribution is -2.54. The zero-order valence-corrected chi connectivity index (χ0v) is 21.9. The number of amides is 3. The van der Waals surface area contributed by atoms with E-state index in [-0.39, 0.29) is 30.6 Å². The smallest absolute Gasteiger partial charge is 0.407 e. The van der Waals surface area contributed by atoms with Gasteiger partial charge in [-0.2, -0.15) is 0 Å². The summed E-state index contributed by atoms with van der Waals surface area (Å²) in [5, 5.41) is 4.99. The Morgan fingerprint density at radius 1 is 1.14 bits per heavy atom. The highest BCUT2D eigenvalue weighted by Gasteiger charge is 2.33. The molecule has 3 atom stereocenters. The van der Waals surface area contributed by atoms with Crippen molar-refractivity contribution in [1.82, 2.24) is 15.5 Å². The van der Waals surface area contributed by atoms with Crippen molar-refractivity contribution in [3.05, 3.63) is 29.6 Å². The molecule has 0 aromatic heterocycles. The summed E-state index contributed by atoms with van der Waals surface area (Å²) >= 11 is 0. The van der Waals surface area contributed by atoms with Crippen molar-refractivity contribution < 1.29 is 27.9 Å². The Hall–Kier alpha value is -2.75. The quantitative estimate of drug-likeness (QED) is 0.578. The van der Waals surface area contributed by atoms with Gasteiger partial charge in [0.05, 0.1) is 17.6 Å². The van der Waals surface area contributed by atoms with Crippen LogP contribution < -0.4 is 15.5 Å². The van der Waals surface area contributed by atoms with Crippen LogP contribution in [-0.4, -0.2) is 73.3 Å². The molecule has 3 saturated heterocycles. The van der Waals surface area contributed by atoms with Crippen molar-refractivity contribution in [1.29, 1.82) is 0 Å². The summed E-state index contributed by atoms with van der Waals surface area (Å²) in [4.78, 5) is 39.6. The molecular formula is C27H38F2N4O4. The highest BCUT2D eigenvalue weighted by atomic mass is 19.1. The van der Waals surface area contributed by atoms with Crippen LogP contribution in [0.25, 0.3) is 0 Å². The lowest BCUT2D eigenvalue weighted by atomic mass is 9.90. The number of benzene rings is 1. The molecular weight excluding hydrogens is 482 g/mol. The summed E-state index contributed by atoms with van der Waals surface area (Å²) < 4.78 is 35.0. The number of hydrogen-bond acceptors (Lipinski definition) is 6. The van der Waals surface area contributed by atoms with Crippen LogP contribution in [0.15, 0.2) is 18.2 Å². The van der Waals surface area contributed by atoms with Gasteiger partial charge in [-0.05, 0) is 70.1 Å². The number of rotatable bonds is 5. The predicted octanol–water partition coefficient (Wildman–Crippen LogP) is 3.50. The molecule has 1 aromatic rings. The van der Waals surface area contributed by atoms with Crippen LogP contribution in [0.4, 0.5) is 19.3 Å². The minimum absolute atomic E-state index is 0.258. The molecule has 3 heterocycles. The number of halogens is 2. The topological polar surface area (TPSA) is 91.0 Å². The molecule has 3 amide bonds. The first-order valence-electron chi connectivity index (χ1n) is 13.2. The van der Waals surface area contributed by atoms with Gasteiger partial charge in [-0.1, -0.05) is 6.07 Å². The van der Waals surface area contributed by atoms with E-state index < -0.39 is 29.8 Å². The zero-order valence-electron chi connectivity index (χ0n) is 21.9. The highest BCUT2D eigenvalue weighted by Crippen LogP contribution is 2.31. The number of anilines is 1. The second-order valence-corrected chi connectivity index (χ2v) is 11.5. The average molecular weight is 521 g/mol. The van der Waals surface area contributed by atoms with Crippen molar-refractivity contribution in [3.63, 3.8) is 0 Å². The Bertz CT molecular complexity index is 1010. The van der Waals surface area contributed by atoms with Gasteiger partial charge in [0, 0.05) is 39.1 Å². The molecule has 2 N–H and O–H groups in total. The van der Waals surface area contributed by atoms with Crippen LogP contribution in [0.3, 0.4) is 0 Å². The van der Waals surface area contributed by atoms with Crippen LogP contribution in [0.5, 0.6) is 0 Å². The zero-order chi connectivity index (χ0) is 26.7. The van der Waals surface area contributed by atoms with Crippen molar-refractivity contribution in [3.8, 4) is 0 Å². The summed E-state index contributed by atoms with van der Waals surface area (Å²) in [6.07, 6.45) is 1.20. The van der Waals surface area contributed by atoms with Gasteiger partial charge in [-0.25, -0.2) is 13.6 Å². The third-order valence-electron chi connectivity index (χ3n) is 7.41. The molecule has 3 aliphatic rings. The van der Waals surface area contributed by atoms with Gasteiger partial charge >= 0.3 is 6.09 Å². The highest BCUT2D eigenvalue weighted by molar-refractivity contribution is 6.00. The first kappa shape index (κ1) is 27.3. The third-order valence-corrected chi connectivity index (χ3v) is 7.41. The van der Waals surface area contributed by atoms with E-state index in [9.17, 15) is 23.2 Å². The molecule has 3 aliphatic heterocycles. The molecule has 0 radical (unpaired) electrons. The van der Waals surface area contributed by atoms with Gasteiger partial charge in [0.1, 0.15) is 17.6 Å². The van der Waals surface area contributed by atoms with Crippen LogP contribution in [0.2, 0.25) is 0 Å². The van der Waals surface area contributed by atoms with Gasteiger partial charge < -0.3 is 19.9 Å². The third kappa shape index (κ3) is 7.18. The number of likely N-dealkylation sites (tertiary alicyclic amines) is 1. The summed E-state index contributed by atoms with van der Waals surface area (Å²) in [7, 11) is 0. The van der Waals surface area contributed by atoms with E-state index in [2.05, 4.69) is 15.5 Å². The van der Waals surface area contributed by atoms with E-state index in [1.165, 1.54) is 6.07 Å². The van der Waals surface area contributed by atoms with Crippen molar-refractivity contribution >= 4 is 23.6 Å². The summed E-state index contributed by atoms with van der Waals surface area (Å²) in [6.45, 7) is 8.50. The fourth-order valence-electron chi connectivity index (χ4n) is 5.48. The van der Waals surface area contributed by atoms with Crippen molar-refractivity contribution in [2.75, 3.05) is 37.6 Å². The van der Waals surface area contributed by atoms with E-state index in [0.29, 0.717) is 49.6 Å². The Labute approximate surface area is 217 Å². The lowest BCUT2D eigenvalue weighted by molar-refractivity contribution is -0.134. The number of carbonyl (C=O) groups excluding carboxylic acids is 3. The van der Waals surface area contributed by atoms with Crippen LogP contribution in [0, 0.1) is 11.7 Å². The second-order valence-electron chi connectivity index (χ2n) is 11.5. The minimum atomic E-state index is -1.15. The lowest BCUT2D eigenvalue weighted by Gasteiger charge is -2.39. The van der Waals surface area contributed by atoms with E-state index in [0.717, 1.165) is 19.4 Å². The average Bonchev–Trinajstić information content (AvgIpc) is 2.80. The Balaban J connectivity index is 1.24. The second kappa shape index (κ2) is 11.3. The Morgan fingerprint density at radius 3 is 2.49 bits per heavy atom. The monoisotopic (exact) mass is 520 g/mol. The number of hydrogen-bond donors (Lipinski definition) is 2. The largest absolute Gasteiger partial charge is 0.444 e. The van der Waals surface area contributed by atoms with Gasteiger partial charge in [0.15, 0.2) is 0 Å². The number of imide groups is 1. The standard InChI is InChI=1S/C27H38F2N4O4/c1-27(2,3)37-26(36)30-22-10-11-32(16-21(22)29)15-17-8-12-33(13-9-17)23-6-4-18(14-20(23)28)19-5-7-24(34)31-25(19)35/h4,6,14,17,19,21-22H,5,7-13,15-16H2,1-3H3,(H,30,36)(H,31,34,35)/t19?,21-,22-/m1/s1. The number of alkyl halides is 1. The van der Waals surface area contributed by atoms with E-state index in [1.54, 1.807) is 32.9 Å². The molecule has 0 bridgehead atoms. The number of carbonyl (C=O) groups is 3. The van der Waals surface area contributed by atoms with Gasteiger partial charge in [-0.3, -0.25) is 14.9 Å². The molecule has 4 rings (SSSR count). The van der Waals surface area contributed by atoms with Crippen LogP contribution in [0.1, 0.15) is 64.4 Å². The van der Waals surface area contributed by atoms with Crippen LogP contribution in [-0.2, 0) is 14.3 Å². The number of alkyl carbamates (subject to hydrolysis) is 1. The van der Waals surface area contributed by atoms with Crippen LogP contribution >= 0.6 is 0 Å². The van der Waals surface area contributed by atoms with Gasteiger partial charge in [-0.15, -0.1) is 0 Å². The fraction of sp³-hybridized carbons (Fsp3) is 0.667. The summed E-state index contributed by atoms with van der Waals surface area (Å²) in [6, 6.07) is 4.38. The fourth-order valence-corrected chi connectivity index (χ4v) is 5.48. The molecule has 10 heteroatoms. The maximum Gasteiger partial charge on any atom is 0.407 e. The van der Waals surface area contributed by atoms with Crippen molar-refractivity contribution in [2.24, 2.45) is 5.92 Å². The number of nitrogens with one attached hydrogen (secondary N) is 2. The van der Waals surface area contributed by atoms with E-state index in [1.807, 2.05) is 4.90 Å². The van der Waals surface area contributed by atoms with E-state index in [4.69, 9.17) is 4.74 Å². The number of piperidine rings is 3. The molecule has 0 saturated carbocycles.